The van der Waals surface area contributed by atoms with E-state index < -0.39 is 0 Å². The van der Waals surface area contributed by atoms with Crippen LogP contribution in [0.3, 0.4) is 0 Å². The lowest BCUT2D eigenvalue weighted by atomic mass is 9.96. The molecular weight excluding hydrogens is 341 g/mol. The standard InChI is InChI=1S/C22H34FN3O/c1-4-5-12-22(27)26(15-14-24(2)3)17-19-9-8-13-25(16-19)18-20-10-6-7-11-21(20)23/h4,6-7,10-11,19H,1,5,8-9,12-18H2,2-3H3. The Kier molecular flexibility index (Phi) is 8.95. The minimum Gasteiger partial charge on any atom is -0.341 e. The zero-order valence-electron chi connectivity index (χ0n) is 16.9. The Morgan fingerprint density at radius 1 is 1.33 bits per heavy atom. The quantitative estimate of drug-likeness (QED) is 0.587. The fraction of sp³-hybridized carbons (Fsp3) is 0.591. The monoisotopic (exact) mass is 375 g/mol. The molecule has 2 rings (SSSR count). The Bertz CT molecular complexity index is 605. The van der Waals surface area contributed by atoms with Crippen molar-refractivity contribution in [3.8, 4) is 0 Å². The maximum atomic E-state index is 14.0. The highest BCUT2D eigenvalue weighted by Crippen LogP contribution is 2.21. The minimum absolute atomic E-state index is 0.133. The molecule has 0 aromatic heterocycles. The molecule has 150 valence electrons. The Hall–Kier alpha value is -1.72. The largest absolute Gasteiger partial charge is 0.341 e. The van der Waals surface area contributed by atoms with Gasteiger partial charge in [0.25, 0.3) is 0 Å². The van der Waals surface area contributed by atoms with E-state index >= 15 is 0 Å². The van der Waals surface area contributed by atoms with Crippen LogP contribution >= 0.6 is 0 Å². The van der Waals surface area contributed by atoms with Crippen molar-refractivity contribution in [2.75, 3.05) is 46.8 Å². The molecule has 1 heterocycles. The van der Waals surface area contributed by atoms with Crippen molar-refractivity contribution in [2.45, 2.75) is 32.2 Å². The summed E-state index contributed by atoms with van der Waals surface area (Å²) >= 11 is 0. The average molecular weight is 376 g/mol. The Labute approximate surface area is 163 Å². The van der Waals surface area contributed by atoms with Gasteiger partial charge in [-0.05, 0) is 51.9 Å². The summed E-state index contributed by atoms with van der Waals surface area (Å²) in [5, 5.41) is 0. The van der Waals surface area contributed by atoms with Crippen molar-refractivity contribution in [2.24, 2.45) is 5.92 Å². The summed E-state index contributed by atoms with van der Waals surface area (Å²) in [7, 11) is 4.06. The van der Waals surface area contributed by atoms with E-state index in [0.29, 0.717) is 18.9 Å². The summed E-state index contributed by atoms with van der Waals surface area (Å²) in [5.74, 6) is 0.523. The van der Waals surface area contributed by atoms with Gasteiger partial charge in [-0.2, -0.15) is 0 Å². The molecule has 27 heavy (non-hydrogen) atoms. The molecule has 1 aliphatic rings. The number of benzene rings is 1. The van der Waals surface area contributed by atoms with E-state index in [1.54, 1.807) is 12.1 Å². The Morgan fingerprint density at radius 2 is 2.11 bits per heavy atom. The van der Waals surface area contributed by atoms with Crippen molar-refractivity contribution in [1.82, 2.24) is 14.7 Å². The number of halogens is 1. The summed E-state index contributed by atoms with van der Waals surface area (Å²) in [5.41, 5.74) is 0.754. The Balaban J connectivity index is 1.93. The second-order valence-electron chi connectivity index (χ2n) is 7.81. The first-order valence-corrected chi connectivity index (χ1v) is 9.98. The molecule has 1 aromatic carbocycles. The van der Waals surface area contributed by atoms with Gasteiger partial charge in [-0.1, -0.05) is 24.3 Å². The predicted molar refractivity (Wildman–Crippen MR) is 109 cm³/mol. The van der Waals surface area contributed by atoms with Gasteiger partial charge >= 0.3 is 0 Å². The van der Waals surface area contributed by atoms with Crippen molar-refractivity contribution < 1.29 is 9.18 Å². The molecule has 0 bridgehead atoms. The third-order valence-electron chi connectivity index (χ3n) is 5.17. The van der Waals surface area contributed by atoms with Crippen LogP contribution in [0.4, 0.5) is 4.39 Å². The first-order valence-electron chi connectivity index (χ1n) is 9.98. The van der Waals surface area contributed by atoms with E-state index in [1.807, 2.05) is 31.1 Å². The fourth-order valence-corrected chi connectivity index (χ4v) is 3.65. The molecule has 0 spiro atoms. The normalized spacial score (nSPS) is 17.9. The van der Waals surface area contributed by atoms with E-state index in [9.17, 15) is 9.18 Å². The van der Waals surface area contributed by atoms with Crippen LogP contribution in [0, 0.1) is 11.7 Å². The van der Waals surface area contributed by atoms with Crippen LogP contribution < -0.4 is 0 Å². The highest BCUT2D eigenvalue weighted by atomic mass is 19.1. The predicted octanol–water partition coefficient (Wildman–Crippen LogP) is 3.39. The number of rotatable bonds is 10. The van der Waals surface area contributed by atoms with Gasteiger partial charge in [0.2, 0.25) is 5.91 Å². The molecule has 0 saturated carbocycles. The molecule has 1 aliphatic heterocycles. The van der Waals surface area contributed by atoms with Crippen LogP contribution in [0.2, 0.25) is 0 Å². The number of nitrogens with zero attached hydrogens (tertiary/aromatic N) is 3. The molecule has 0 aliphatic carbocycles. The fourth-order valence-electron chi connectivity index (χ4n) is 3.65. The zero-order valence-corrected chi connectivity index (χ0v) is 16.9. The van der Waals surface area contributed by atoms with Gasteiger partial charge < -0.3 is 9.80 Å². The molecular formula is C22H34FN3O. The van der Waals surface area contributed by atoms with Crippen molar-refractivity contribution in [1.29, 1.82) is 0 Å². The Morgan fingerprint density at radius 3 is 2.81 bits per heavy atom. The summed E-state index contributed by atoms with van der Waals surface area (Å²) in [6.07, 6.45) is 5.28. The van der Waals surface area contributed by atoms with Gasteiger partial charge in [0.15, 0.2) is 0 Å². The van der Waals surface area contributed by atoms with E-state index in [0.717, 1.165) is 57.5 Å². The maximum Gasteiger partial charge on any atom is 0.222 e. The number of hydrogen-bond acceptors (Lipinski definition) is 3. The molecule has 1 atom stereocenters. The van der Waals surface area contributed by atoms with Crippen molar-refractivity contribution >= 4 is 5.91 Å². The molecule has 0 N–H and O–H groups in total. The molecule has 5 heteroatoms. The first-order chi connectivity index (χ1) is 13.0. The van der Waals surface area contributed by atoms with Gasteiger partial charge in [-0.15, -0.1) is 6.58 Å². The van der Waals surface area contributed by atoms with E-state index in [4.69, 9.17) is 0 Å². The highest BCUT2D eigenvalue weighted by Gasteiger charge is 2.24. The van der Waals surface area contributed by atoms with Crippen LogP contribution in [0.1, 0.15) is 31.2 Å². The van der Waals surface area contributed by atoms with Crippen LogP contribution in [0.5, 0.6) is 0 Å². The average Bonchev–Trinajstić information content (AvgIpc) is 2.65. The molecule has 1 fully saturated rings. The number of carbonyl (C=O) groups is 1. The van der Waals surface area contributed by atoms with Crippen LogP contribution in [0.25, 0.3) is 0 Å². The third kappa shape index (κ3) is 7.43. The van der Waals surface area contributed by atoms with Crippen molar-refractivity contribution in [3.05, 3.63) is 48.3 Å². The maximum absolute atomic E-state index is 14.0. The summed E-state index contributed by atoms with van der Waals surface area (Å²) < 4.78 is 14.0. The van der Waals surface area contributed by atoms with Crippen molar-refractivity contribution in [3.63, 3.8) is 0 Å². The van der Waals surface area contributed by atoms with E-state index in [1.165, 1.54) is 6.07 Å². The zero-order chi connectivity index (χ0) is 19.6. The summed E-state index contributed by atoms with van der Waals surface area (Å²) in [6.45, 7) is 8.69. The van der Waals surface area contributed by atoms with Crippen LogP contribution in [-0.2, 0) is 11.3 Å². The van der Waals surface area contributed by atoms with Gasteiger partial charge in [0.05, 0.1) is 0 Å². The number of likely N-dealkylation sites (tertiary alicyclic amines) is 1. The number of likely N-dealkylation sites (N-methyl/N-ethyl adjacent to an activating group) is 1. The molecule has 1 unspecified atom stereocenters. The van der Waals surface area contributed by atoms with E-state index in [2.05, 4.69) is 16.4 Å². The number of amides is 1. The number of hydrogen-bond donors (Lipinski definition) is 0. The van der Waals surface area contributed by atoms with Crippen LogP contribution in [0.15, 0.2) is 36.9 Å². The summed E-state index contributed by atoms with van der Waals surface area (Å²) in [6, 6.07) is 7.01. The second kappa shape index (κ2) is 11.2. The topological polar surface area (TPSA) is 26.8 Å². The molecule has 4 nitrogen and oxygen atoms in total. The molecule has 0 radical (unpaired) electrons. The summed E-state index contributed by atoms with van der Waals surface area (Å²) in [4.78, 5) is 19.1. The smallest absolute Gasteiger partial charge is 0.222 e. The SMILES string of the molecule is C=CCCC(=O)N(CCN(C)C)CC1CCCN(Cc2ccccc2F)C1. The molecule has 1 amide bonds. The van der Waals surface area contributed by atoms with E-state index in [-0.39, 0.29) is 11.7 Å². The van der Waals surface area contributed by atoms with Crippen LogP contribution in [-0.4, -0.2) is 67.4 Å². The van der Waals surface area contributed by atoms with Gasteiger partial charge in [0, 0.05) is 44.7 Å². The third-order valence-corrected chi connectivity index (χ3v) is 5.17. The lowest BCUT2D eigenvalue weighted by Crippen LogP contribution is -2.44. The number of allylic oxidation sites excluding steroid dienone is 1. The number of piperidine rings is 1. The second-order valence-corrected chi connectivity index (χ2v) is 7.81. The van der Waals surface area contributed by atoms with Gasteiger partial charge in [0.1, 0.15) is 5.82 Å². The minimum atomic E-state index is -0.133. The van der Waals surface area contributed by atoms with Gasteiger partial charge in [-0.3, -0.25) is 9.69 Å². The number of carbonyl (C=O) groups excluding carboxylic acids is 1. The highest BCUT2D eigenvalue weighted by molar-refractivity contribution is 5.76. The lowest BCUT2D eigenvalue weighted by molar-refractivity contribution is -0.132. The van der Waals surface area contributed by atoms with Gasteiger partial charge in [-0.25, -0.2) is 4.39 Å². The molecule has 1 aromatic rings. The lowest BCUT2D eigenvalue weighted by Gasteiger charge is -2.36. The first kappa shape index (κ1) is 21.6. The molecule has 1 saturated heterocycles.